The first-order valence-electron chi connectivity index (χ1n) is 7.54. The Morgan fingerprint density at radius 1 is 0.852 bits per heavy atom. The number of rotatable bonds is 3. The minimum Gasteiger partial charge on any atom is -0.240 e. The zero-order valence-corrected chi connectivity index (χ0v) is 15.3. The van der Waals surface area contributed by atoms with E-state index in [1.54, 1.807) is 6.92 Å². The molecule has 3 aromatic rings. The van der Waals surface area contributed by atoms with Gasteiger partial charge in [-0.1, -0.05) is 30.0 Å². The Kier molecular flexibility index (Phi) is 5.27. The Morgan fingerprint density at radius 3 is 1.93 bits per heavy atom. The Bertz CT molecular complexity index is 912. The topological polar surface area (TPSA) is 12.9 Å². The first-order chi connectivity index (χ1) is 12.5. The molecule has 0 amide bonds. The third kappa shape index (κ3) is 4.65. The van der Waals surface area contributed by atoms with Gasteiger partial charge in [0.25, 0.3) is 0 Å². The van der Waals surface area contributed by atoms with E-state index in [9.17, 15) is 26.3 Å². The van der Waals surface area contributed by atoms with Crippen LogP contribution in [0, 0.1) is 6.92 Å². The van der Waals surface area contributed by atoms with Gasteiger partial charge in [0, 0.05) is 10.5 Å². The van der Waals surface area contributed by atoms with Gasteiger partial charge in [0.1, 0.15) is 5.01 Å². The Morgan fingerprint density at radius 2 is 1.41 bits per heavy atom. The van der Waals surface area contributed by atoms with Crippen LogP contribution in [0.3, 0.4) is 0 Å². The van der Waals surface area contributed by atoms with E-state index in [1.165, 1.54) is 11.8 Å². The fourth-order valence-electron chi connectivity index (χ4n) is 2.27. The summed E-state index contributed by atoms with van der Waals surface area (Å²) in [5, 5.41) is 0.113. The molecule has 3 rings (SSSR count). The van der Waals surface area contributed by atoms with Gasteiger partial charge in [-0.3, -0.25) is 0 Å². The second kappa shape index (κ2) is 7.20. The van der Waals surface area contributed by atoms with Gasteiger partial charge >= 0.3 is 12.4 Å². The number of halogens is 6. The summed E-state index contributed by atoms with van der Waals surface area (Å²) in [4.78, 5) is 5.09. The van der Waals surface area contributed by atoms with Crippen LogP contribution in [0.1, 0.15) is 16.8 Å². The van der Waals surface area contributed by atoms with Gasteiger partial charge in [-0.15, -0.1) is 11.3 Å². The maximum atomic E-state index is 13.0. The first-order valence-corrected chi connectivity index (χ1v) is 9.17. The van der Waals surface area contributed by atoms with Gasteiger partial charge in [0.2, 0.25) is 0 Å². The van der Waals surface area contributed by atoms with Crippen LogP contribution in [0.4, 0.5) is 26.3 Å². The molecule has 0 saturated carbocycles. The Labute approximate surface area is 159 Å². The lowest BCUT2D eigenvalue weighted by Gasteiger charge is -2.13. The summed E-state index contributed by atoms with van der Waals surface area (Å²) in [5.74, 6) is 0. The van der Waals surface area contributed by atoms with E-state index in [-0.39, 0.29) is 16.6 Å². The fraction of sp³-hybridized carbons (Fsp3) is 0.167. The molecule has 0 aliphatic rings. The van der Waals surface area contributed by atoms with E-state index in [2.05, 4.69) is 4.98 Å². The highest BCUT2D eigenvalue weighted by Crippen LogP contribution is 2.42. The van der Waals surface area contributed by atoms with Crippen molar-refractivity contribution in [3.63, 3.8) is 0 Å². The van der Waals surface area contributed by atoms with Crippen LogP contribution >= 0.6 is 23.1 Å². The van der Waals surface area contributed by atoms with E-state index >= 15 is 0 Å². The van der Waals surface area contributed by atoms with E-state index < -0.39 is 23.5 Å². The summed E-state index contributed by atoms with van der Waals surface area (Å²) >= 11 is 2.42. The predicted octanol–water partition coefficient (Wildman–Crippen LogP) is 7.31. The fourth-order valence-corrected chi connectivity index (χ4v) is 4.45. The predicted molar refractivity (Wildman–Crippen MR) is 92.9 cm³/mol. The van der Waals surface area contributed by atoms with Crippen molar-refractivity contribution in [2.75, 3.05) is 0 Å². The third-order valence-corrected chi connectivity index (χ3v) is 6.03. The molecule has 0 fully saturated rings. The van der Waals surface area contributed by atoms with Gasteiger partial charge < -0.3 is 0 Å². The molecule has 0 aliphatic carbocycles. The molecule has 0 unspecified atom stereocenters. The van der Waals surface area contributed by atoms with E-state index in [4.69, 9.17) is 0 Å². The van der Waals surface area contributed by atoms with Crippen LogP contribution in [0.5, 0.6) is 0 Å². The molecule has 0 saturated heterocycles. The smallest absolute Gasteiger partial charge is 0.240 e. The molecule has 0 atom stereocenters. The second-order valence-corrected chi connectivity index (χ2v) is 7.94. The van der Waals surface area contributed by atoms with Crippen molar-refractivity contribution in [3.05, 3.63) is 65.4 Å². The van der Waals surface area contributed by atoms with Crippen LogP contribution in [0.2, 0.25) is 0 Å². The molecule has 1 nitrogen and oxygen atoms in total. The van der Waals surface area contributed by atoms with Crippen molar-refractivity contribution >= 4 is 23.1 Å². The summed E-state index contributed by atoms with van der Waals surface area (Å²) in [7, 11) is 0. The lowest BCUT2D eigenvalue weighted by Crippen LogP contribution is -2.11. The molecule has 27 heavy (non-hydrogen) atoms. The molecule has 0 spiro atoms. The number of hydrogen-bond acceptors (Lipinski definition) is 3. The van der Waals surface area contributed by atoms with Crippen molar-refractivity contribution in [1.29, 1.82) is 0 Å². The molecule has 1 heterocycles. The Hall–Kier alpha value is -2.00. The highest BCUT2D eigenvalue weighted by molar-refractivity contribution is 8.01. The van der Waals surface area contributed by atoms with Crippen LogP contribution in [-0.2, 0) is 12.4 Å². The monoisotopic (exact) mass is 419 g/mol. The van der Waals surface area contributed by atoms with E-state index in [0.29, 0.717) is 22.0 Å². The number of aryl methyl sites for hydroxylation is 1. The summed E-state index contributed by atoms with van der Waals surface area (Å²) in [6.07, 6.45) is -9.77. The van der Waals surface area contributed by atoms with Crippen LogP contribution < -0.4 is 0 Å². The molecule has 2 aromatic carbocycles. The standard InChI is InChI=1S/C18H11F6NS2/c1-10-16(26-14-5-3-2-4-6-14)27-15(25-10)11-7-12(17(19,20)21)9-13(8-11)18(22,23)24/h2-9H,1H3. The van der Waals surface area contributed by atoms with Crippen LogP contribution in [0.25, 0.3) is 10.6 Å². The first kappa shape index (κ1) is 19.8. The molecular weight excluding hydrogens is 408 g/mol. The maximum Gasteiger partial charge on any atom is 0.416 e. The normalized spacial score (nSPS) is 12.4. The van der Waals surface area contributed by atoms with Crippen molar-refractivity contribution in [2.24, 2.45) is 0 Å². The lowest BCUT2D eigenvalue weighted by molar-refractivity contribution is -0.143. The van der Waals surface area contributed by atoms with Gasteiger partial charge in [-0.25, -0.2) is 4.98 Å². The molecule has 0 aliphatic heterocycles. The van der Waals surface area contributed by atoms with Crippen LogP contribution in [-0.4, -0.2) is 4.98 Å². The minimum absolute atomic E-state index is 0.113. The number of benzene rings is 2. The molecule has 0 N–H and O–H groups in total. The average molecular weight is 419 g/mol. The number of thiazole rings is 1. The zero-order chi connectivity index (χ0) is 19.8. The minimum atomic E-state index is -4.88. The number of alkyl halides is 6. The maximum absolute atomic E-state index is 13.0. The summed E-state index contributed by atoms with van der Waals surface area (Å²) in [5.41, 5.74) is -2.35. The van der Waals surface area contributed by atoms with Gasteiger partial charge in [0.15, 0.2) is 0 Å². The van der Waals surface area contributed by atoms with E-state index in [0.717, 1.165) is 16.2 Å². The number of aromatic nitrogens is 1. The average Bonchev–Trinajstić information content (AvgIpc) is 2.95. The highest BCUT2D eigenvalue weighted by Gasteiger charge is 2.37. The molecule has 142 valence electrons. The second-order valence-electron chi connectivity index (χ2n) is 5.60. The Balaban J connectivity index is 2.04. The molecule has 1 aromatic heterocycles. The SMILES string of the molecule is Cc1nc(-c2cc(C(F)(F)F)cc(C(F)(F)F)c2)sc1Sc1ccccc1. The van der Waals surface area contributed by atoms with Crippen molar-refractivity contribution < 1.29 is 26.3 Å². The quantitative estimate of drug-likeness (QED) is 0.413. The zero-order valence-electron chi connectivity index (χ0n) is 13.7. The number of hydrogen-bond donors (Lipinski definition) is 0. The largest absolute Gasteiger partial charge is 0.416 e. The van der Waals surface area contributed by atoms with Gasteiger partial charge in [0.05, 0.1) is 21.0 Å². The van der Waals surface area contributed by atoms with Crippen LogP contribution in [0.15, 0.2) is 57.6 Å². The van der Waals surface area contributed by atoms with Gasteiger partial charge in [-0.2, -0.15) is 26.3 Å². The summed E-state index contributed by atoms with van der Waals surface area (Å²) in [6.45, 7) is 1.67. The molecular formula is C18H11F6NS2. The molecule has 9 heteroatoms. The molecule has 0 radical (unpaired) electrons. The highest BCUT2D eigenvalue weighted by atomic mass is 32.2. The van der Waals surface area contributed by atoms with Crippen molar-refractivity contribution in [3.8, 4) is 10.6 Å². The number of nitrogens with zero attached hydrogens (tertiary/aromatic N) is 1. The summed E-state index contributed by atoms with van der Waals surface area (Å²) in [6, 6.07) is 10.7. The lowest BCUT2D eigenvalue weighted by atomic mass is 10.1. The van der Waals surface area contributed by atoms with Crippen molar-refractivity contribution in [1.82, 2.24) is 4.98 Å². The molecule has 0 bridgehead atoms. The van der Waals surface area contributed by atoms with Gasteiger partial charge in [-0.05, 0) is 37.3 Å². The summed E-state index contributed by atoms with van der Waals surface area (Å²) < 4.78 is 78.9. The van der Waals surface area contributed by atoms with Crippen molar-refractivity contribution in [2.45, 2.75) is 28.4 Å². The third-order valence-electron chi connectivity index (χ3n) is 3.54. The van der Waals surface area contributed by atoms with E-state index in [1.807, 2.05) is 30.3 Å².